The van der Waals surface area contributed by atoms with Crippen LogP contribution in [0.1, 0.15) is 39.5 Å². The van der Waals surface area contributed by atoms with Gasteiger partial charge in [-0.3, -0.25) is 10.00 Å². The first-order valence-corrected chi connectivity index (χ1v) is 9.16. The average molecular weight is 367 g/mol. The zero-order chi connectivity index (χ0) is 19.6. The molecule has 0 saturated heterocycles. The lowest BCUT2D eigenvalue weighted by atomic mass is 9.97. The minimum absolute atomic E-state index is 0.239. The molecular formula is C22H26FN3O. The average Bonchev–Trinajstić information content (AvgIpc) is 3.09. The van der Waals surface area contributed by atoms with Gasteiger partial charge in [-0.25, -0.2) is 4.39 Å². The van der Waals surface area contributed by atoms with E-state index >= 15 is 0 Å². The van der Waals surface area contributed by atoms with Crippen molar-refractivity contribution in [2.75, 3.05) is 0 Å². The Kier molecular flexibility index (Phi) is 5.44. The Morgan fingerprint density at radius 3 is 2.33 bits per heavy atom. The lowest BCUT2D eigenvalue weighted by Gasteiger charge is -2.26. The molecule has 1 unspecified atom stereocenters. The van der Waals surface area contributed by atoms with E-state index in [-0.39, 0.29) is 11.4 Å². The van der Waals surface area contributed by atoms with Crippen LogP contribution in [0.2, 0.25) is 0 Å². The molecule has 0 amide bonds. The van der Waals surface area contributed by atoms with E-state index in [1.54, 1.807) is 18.3 Å². The molecule has 0 aliphatic carbocycles. The fraction of sp³-hybridized carbons (Fsp3) is 0.318. The molecule has 0 aliphatic heterocycles. The molecule has 3 rings (SSSR count). The van der Waals surface area contributed by atoms with Crippen molar-refractivity contribution in [2.45, 2.75) is 46.0 Å². The van der Waals surface area contributed by atoms with Crippen LogP contribution in [0, 0.1) is 5.82 Å². The van der Waals surface area contributed by atoms with Crippen molar-refractivity contribution < 1.29 is 9.50 Å². The van der Waals surface area contributed by atoms with Crippen LogP contribution >= 0.6 is 0 Å². The van der Waals surface area contributed by atoms with Crippen LogP contribution in [-0.2, 0) is 6.54 Å². The van der Waals surface area contributed by atoms with Gasteiger partial charge in [0.2, 0.25) is 0 Å². The van der Waals surface area contributed by atoms with Gasteiger partial charge in [-0.15, -0.1) is 0 Å². The Labute approximate surface area is 159 Å². The zero-order valence-corrected chi connectivity index (χ0v) is 16.2. The van der Waals surface area contributed by atoms with Gasteiger partial charge in [-0.2, -0.15) is 5.10 Å². The highest BCUT2D eigenvalue weighted by molar-refractivity contribution is 5.73. The van der Waals surface area contributed by atoms with Gasteiger partial charge in [0.15, 0.2) is 0 Å². The molecule has 27 heavy (non-hydrogen) atoms. The predicted octanol–water partition coefficient (Wildman–Crippen LogP) is 4.76. The van der Waals surface area contributed by atoms with E-state index in [0.29, 0.717) is 0 Å². The Hall–Kier alpha value is -2.50. The van der Waals surface area contributed by atoms with Crippen molar-refractivity contribution >= 4 is 0 Å². The molecule has 0 spiro atoms. The van der Waals surface area contributed by atoms with Gasteiger partial charge in [-0.1, -0.05) is 12.1 Å². The van der Waals surface area contributed by atoms with Crippen LogP contribution in [0.3, 0.4) is 0 Å². The minimum atomic E-state index is -0.817. The van der Waals surface area contributed by atoms with Crippen LogP contribution in [-0.4, -0.2) is 20.4 Å². The monoisotopic (exact) mass is 367 g/mol. The molecule has 1 heterocycles. The Bertz CT molecular complexity index is 910. The van der Waals surface area contributed by atoms with Gasteiger partial charge in [0, 0.05) is 23.8 Å². The van der Waals surface area contributed by atoms with Crippen molar-refractivity contribution in [3.05, 3.63) is 66.1 Å². The van der Waals surface area contributed by atoms with Crippen molar-refractivity contribution in [3.8, 4) is 22.4 Å². The number of aryl methyl sites for hydroxylation is 1. The summed E-state index contributed by atoms with van der Waals surface area (Å²) in [6, 6.07) is 14.3. The van der Waals surface area contributed by atoms with Crippen LogP contribution in [0.25, 0.3) is 22.4 Å². The van der Waals surface area contributed by atoms with Crippen LogP contribution < -0.4 is 5.32 Å². The van der Waals surface area contributed by atoms with E-state index in [0.717, 1.165) is 34.5 Å². The number of hydrogen-bond donors (Lipinski definition) is 2. The number of halogens is 1. The summed E-state index contributed by atoms with van der Waals surface area (Å²) in [5, 5.41) is 18.3. The van der Waals surface area contributed by atoms with Crippen molar-refractivity contribution in [1.82, 2.24) is 15.1 Å². The van der Waals surface area contributed by atoms with Crippen LogP contribution in [0.4, 0.5) is 4.39 Å². The smallest absolute Gasteiger partial charge is 0.131 e. The molecule has 1 aromatic heterocycles. The molecule has 3 aromatic rings. The first kappa shape index (κ1) is 19.3. The standard InChI is InChI=1S/C22H26FN3O/c1-5-26-20(10-11-24-26)17-12-16(15-6-8-19(23)9-7-15)13-18(14-17)21(27)25-22(2,3)4/h6-14,21,25,27H,5H2,1-4H3. The van der Waals surface area contributed by atoms with Gasteiger partial charge in [-0.05, 0) is 80.8 Å². The third kappa shape index (κ3) is 4.62. The fourth-order valence-corrected chi connectivity index (χ4v) is 3.09. The summed E-state index contributed by atoms with van der Waals surface area (Å²) >= 11 is 0. The predicted molar refractivity (Wildman–Crippen MR) is 107 cm³/mol. The number of aromatic nitrogens is 2. The topological polar surface area (TPSA) is 50.1 Å². The second-order valence-electron chi connectivity index (χ2n) is 7.68. The molecule has 0 fully saturated rings. The normalized spacial score (nSPS) is 13.0. The summed E-state index contributed by atoms with van der Waals surface area (Å²) in [5.74, 6) is -0.270. The lowest BCUT2D eigenvalue weighted by Crippen LogP contribution is -2.38. The molecule has 0 radical (unpaired) electrons. The number of aliphatic hydroxyl groups is 1. The van der Waals surface area contributed by atoms with E-state index in [9.17, 15) is 9.50 Å². The molecule has 1 atom stereocenters. The summed E-state index contributed by atoms with van der Waals surface area (Å²) in [6.45, 7) is 8.81. The first-order chi connectivity index (χ1) is 12.8. The van der Waals surface area contributed by atoms with E-state index in [1.165, 1.54) is 12.1 Å². The van der Waals surface area contributed by atoms with Crippen LogP contribution in [0.15, 0.2) is 54.7 Å². The summed E-state index contributed by atoms with van der Waals surface area (Å²) in [4.78, 5) is 0. The number of nitrogens with zero attached hydrogens (tertiary/aromatic N) is 2. The maximum atomic E-state index is 13.3. The fourth-order valence-electron chi connectivity index (χ4n) is 3.09. The minimum Gasteiger partial charge on any atom is -0.374 e. The zero-order valence-electron chi connectivity index (χ0n) is 16.2. The third-order valence-electron chi connectivity index (χ3n) is 4.33. The first-order valence-electron chi connectivity index (χ1n) is 9.16. The molecular weight excluding hydrogens is 341 g/mol. The summed E-state index contributed by atoms with van der Waals surface area (Å²) < 4.78 is 15.2. The van der Waals surface area contributed by atoms with Gasteiger partial charge in [0.1, 0.15) is 12.0 Å². The highest BCUT2D eigenvalue weighted by Gasteiger charge is 2.18. The Morgan fingerprint density at radius 2 is 1.70 bits per heavy atom. The van der Waals surface area contributed by atoms with E-state index in [4.69, 9.17) is 0 Å². The summed E-state index contributed by atoms with van der Waals surface area (Å²) in [7, 11) is 0. The lowest BCUT2D eigenvalue weighted by molar-refractivity contribution is 0.107. The maximum absolute atomic E-state index is 13.3. The summed E-state index contributed by atoms with van der Waals surface area (Å²) in [6.07, 6.45) is 0.953. The number of benzene rings is 2. The van der Waals surface area contributed by atoms with E-state index < -0.39 is 6.23 Å². The molecule has 0 bridgehead atoms. The quantitative estimate of drug-likeness (QED) is 0.640. The highest BCUT2D eigenvalue weighted by atomic mass is 19.1. The molecule has 5 heteroatoms. The molecule has 4 nitrogen and oxygen atoms in total. The SMILES string of the molecule is CCn1nccc1-c1cc(-c2ccc(F)cc2)cc(C(O)NC(C)(C)C)c1. The van der Waals surface area contributed by atoms with Gasteiger partial charge in [0.25, 0.3) is 0 Å². The number of aliphatic hydroxyl groups excluding tert-OH is 1. The maximum Gasteiger partial charge on any atom is 0.131 e. The second-order valence-corrected chi connectivity index (χ2v) is 7.68. The van der Waals surface area contributed by atoms with Crippen LogP contribution in [0.5, 0.6) is 0 Å². The highest BCUT2D eigenvalue weighted by Crippen LogP contribution is 2.31. The van der Waals surface area contributed by atoms with Crippen molar-refractivity contribution in [1.29, 1.82) is 0 Å². The second kappa shape index (κ2) is 7.62. The molecule has 2 aromatic carbocycles. The number of hydrogen-bond acceptors (Lipinski definition) is 3. The van der Waals surface area contributed by atoms with Crippen molar-refractivity contribution in [3.63, 3.8) is 0 Å². The Morgan fingerprint density at radius 1 is 1.04 bits per heavy atom. The van der Waals surface area contributed by atoms with E-state index in [2.05, 4.69) is 10.4 Å². The molecule has 0 saturated carbocycles. The third-order valence-corrected chi connectivity index (χ3v) is 4.33. The van der Waals surface area contributed by atoms with Gasteiger partial charge >= 0.3 is 0 Å². The summed E-state index contributed by atoms with van der Waals surface area (Å²) in [5.41, 5.74) is 4.26. The number of rotatable bonds is 5. The largest absolute Gasteiger partial charge is 0.374 e. The molecule has 2 N–H and O–H groups in total. The molecule has 142 valence electrons. The van der Waals surface area contributed by atoms with Crippen molar-refractivity contribution in [2.24, 2.45) is 0 Å². The van der Waals surface area contributed by atoms with Gasteiger partial charge < -0.3 is 5.11 Å². The molecule has 0 aliphatic rings. The number of nitrogens with one attached hydrogen (secondary N) is 1. The van der Waals surface area contributed by atoms with Gasteiger partial charge in [0.05, 0.1) is 5.69 Å². The van der Waals surface area contributed by atoms with E-state index in [1.807, 2.05) is 56.6 Å². The Balaban J connectivity index is 2.11.